The van der Waals surface area contributed by atoms with Crippen LogP contribution in [0.5, 0.6) is 0 Å². The van der Waals surface area contributed by atoms with Crippen molar-refractivity contribution in [1.82, 2.24) is 9.88 Å². The van der Waals surface area contributed by atoms with Crippen molar-refractivity contribution in [2.45, 2.75) is 13.8 Å². The smallest absolute Gasteiger partial charge is 0.255 e. The van der Waals surface area contributed by atoms with Gasteiger partial charge in [-0.15, -0.1) is 0 Å². The Morgan fingerprint density at radius 2 is 2.00 bits per heavy atom. The lowest BCUT2D eigenvalue weighted by molar-refractivity contribution is 0.0794. The number of hydrogen-bond acceptors (Lipinski definition) is 5. The van der Waals surface area contributed by atoms with E-state index < -0.39 is 0 Å². The first-order valence-corrected chi connectivity index (χ1v) is 5.88. The van der Waals surface area contributed by atoms with Crippen LogP contribution in [-0.2, 0) is 0 Å². The molecule has 0 radical (unpaired) electrons. The maximum atomic E-state index is 12.2. The van der Waals surface area contributed by atoms with Gasteiger partial charge in [0.25, 0.3) is 5.91 Å². The van der Waals surface area contributed by atoms with Crippen molar-refractivity contribution in [3.63, 3.8) is 0 Å². The molecule has 0 fully saturated rings. The normalized spacial score (nSPS) is 9.26. The number of carbonyl (C=O) groups is 1. The monoisotopic (exact) mass is 257 g/mol. The largest absolute Gasteiger partial charge is 0.370 e. The lowest BCUT2D eigenvalue weighted by atomic mass is 10.2. The molecule has 98 valence electrons. The summed E-state index contributed by atoms with van der Waals surface area (Å²) in [6.07, 6.45) is 0. The molecule has 1 aromatic rings. The minimum atomic E-state index is -0.340. The van der Waals surface area contributed by atoms with E-state index in [2.05, 4.69) is 10.3 Å². The van der Waals surface area contributed by atoms with Gasteiger partial charge in [0.1, 0.15) is 18.9 Å². The summed E-state index contributed by atoms with van der Waals surface area (Å²) >= 11 is 0. The molecule has 0 saturated heterocycles. The molecular formula is C13H15N5O. The molecule has 0 aromatic carbocycles. The molecule has 1 amide bonds. The van der Waals surface area contributed by atoms with Crippen molar-refractivity contribution in [3.05, 3.63) is 23.4 Å². The third-order valence-electron chi connectivity index (χ3n) is 2.37. The molecule has 1 heterocycles. The number of amides is 1. The molecular weight excluding hydrogens is 242 g/mol. The fourth-order valence-electron chi connectivity index (χ4n) is 1.62. The van der Waals surface area contributed by atoms with E-state index in [1.54, 1.807) is 19.1 Å². The van der Waals surface area contributed by atoms with Crippen molar-refractivity contribution >= 4 is 11.7 Å². The van der Waals surface area contributed by atoms with Crippen molar-refractivity contribution in [3.8, 4) is 12.1 Å². The maximum absolute atomic E-state index is 12.2. The van der Waals surface area contributed by atoms with Crippen molar-refractivity contribution in [2.75, 3.05) is 25.0 Å². The van der Waals surface area contributed by atoms with Gasteiger partial charge in [0.15, 0.2) is 0 Å². The SMILES string of the molecule is CCNc1cc(C(=O)N(CC#N)CC#N)cc(C)n1. The third kappa shape index (κ3) is 3.97. The van der Waals surface area contributed by atoms with Crippen LogP contribution in [0.15, 0.2) is 12.1 Å². The number of nitrogens with zero attached hydrogens (tertiary/aromatic N) is 4. The second kappa shape index (κ2) is 6.97. The van der Waals surface area contributed by atoms with Gasteiger partial charge in [-0.1, -0.05) is 0 Å². The third-order valence-corrected chi connectivity index (χ3v) is 2.37. The van der Waals surface area contributed by atoms with Gasteiger partial charge in [0.05, 0.1) is 12.1 Å². The van der Waals surface area contributed by atoms with Gasteiger partial charge in [-0.05, 0) is 26.0 Å². The van der Waals surface area contributed by atoms with Gasteiger partial charge in [-0.3, -0.25) is 4.79 Å². The number of nitriles is 2. The molecule has 0 saturated carbocycles. The van der Waals surface area contributed by atoms with Crippen LogP contribution in [0.3, 0.4) is 0 Å². The molecule has 6 nitrogen and oxygen atoms in total. The molecule has 0 aliphatic heterocycles. The average Bonchev–Trinajstić information content (AvgIpc) is 2.37. The minimum Gasteiger partial charge on any atom is -0.370 e. The fourth-order valence-corrected chi connectivity index (χ4v) is 1.62. The molecule has 0 bridgehead atoms. The highest BCUT2D eigenvalue weighted by Crippen LogP contribution is 2.12. The first-order chi connectivity index (χ1) is 9.12. The van der Waals surface area contributed by atoms with E-state index in [1.807, 2.05) is 19.1 Å². The molecule has 1 N–H and O–H groups in total. The van der Waals surface area contributed by atoms with E-state index in [9.17, 15) is 4.79 Å². The first kappa shape index (κ1) is 14.5. The molecule has 6 heteroatoms. The van der Waals surface area contributed by atoms with Crippen LogP contribution in [0, 0.1) is 29.6 Å². The quantitative estimate of drug-likeness (QED) is 0.803. The lowest BCUT2D eigenvalue weighted by Crippen LogP contribution is -2.32. The molecule has 19 heavy (non-hydrogen) atoms. The summed E-state index contributed by atoms with van der Waals surface area (Å²) < 4.78 is 0. The Bertz CT molecular complexity index is 525. The number of hydrogen-bond donors (Lipinski definition) is 1. The van der Waals surface area contributed by atoms with Crippen molar-refractivity contribution in [1.29, 1.82) is 10.5 Å². The summed E-state index contributed by atoms with van der Waals surface area (Å²) in [6, 6.07) is 7.03. The van der Waals surface area contributed by atoms with Gasteiger partial charge in [0.2, 0.25) is 0 Å². The van der Waals surface area contributed by atoms with Crippen molar-refractivity contribution < 1.29 is 4.79 Å². The maximum Gasteiger partial charge on any atom is 0.255 e. The minimum absolute atomic E-state index is 0.107. The van der Waals surface area contributed by atoms with Gasteiger partial charge in [-0.25, -0.2) is 4.98 Å². The molecule has 0 atom stereocenters. The van der Waals surface area contributed by atoms with Crippen LogP contribution in [0.1, 0.15) is 23.0 Å². The highest BCUT2D eigenvalue weighted by atomic mass is 16.2. The number of aromatic nitrogens is 1. The van der Waals surface area contributed by atoms with E-state index in [0.29, 0.717) is 23.6 Å². The van der Waals surface area contributed by atoms with Crippen LogP contribution in [-0.4, -0.2) is 35.4 Å². The second-order valence-corrected chi connectivity index (χ2v) is 3.89. The Hall–Kier alpha value is -2.60. The number of aryl methyl sites for hydroxylation is 1. The predicted octanol–water partition coefficient (Wildman–Crippen LogP) is 1.31. The zero-order chi connectivity index (χ0) is 14.3. The highest BCUT2D eigenvalue weighted by molar-refractivity contribution is 5.95. The average molecular weight is 257 g/mol. The van der Waals surface area contributed by atoms with Gasteiger partial charge in [0, 0.05) is 17.8 Å². The highest BCUT2D eigenvalue weighted by Gasteiger charge is 2.16. The van der Waals surface area contributed by atoms with Crippen LogP contribution in [0.4, 0.5) is 5.82 Å². The van der Waals surface area contributed by atoms with E-state index in [-0.39, 0.29) is 19.0 Å². The standard InChI is InChI=1S/C13H15N5O/c1-3-16-12-9-11(8-10(2)17-12)13(19)18(6-4-14)7-5-15/h8-9H,3,6-7H2,1-2H3,(H,16,17). The number of rotatable bonds is 5. The number of nitrogens with one attached hydrogen (secondary N) is 1. The summed E-state index contributed by atoms with van der Waals surface area (Å²) in [5, 5.41) is 20.4. The summed E-state index contributed by atoms with van der Waals surface area (Å²) in [7, 11) is 0. The number of anilines is 1. The van der Waals surface area contributed by atoms with E-state index in [0.717, 1.165) is 0 Å². The number of carbonyl (C=O) groups excluding carboxylic acids is 1. The Balaban J connectivity index is 3.04. The fraction of sp³-hybridized carbons (Fsp3) is 0.385. The summed E-state index contributed by atoms with van der Waals surface area (Å²) in [6.45, 7) is 4.21. The second-order valence-electron chi connectivity index (χ2n) is 3.89. The zero-order valence-corrected chi connectivity index (χ0v) is 11.0. The van der Waals surface area contributed by atoms with E-state index in [1.165, 1.54) is 4.90 Å². The van der Waals surface area contributed by atoms with Crippen LogP contribution >= 0.6 is 0 Å². The predicted molar refractivity (Wildman–Crippen MR) is 70.3 cm³/mol. The molecule has 0 aliphatic rings. The molecule has 1 aromatic heterocycles. The lowest BCUT2D eigenvalue weighted by Gasteiger charge is -2.16. The van der Waals surface area contributed by atoms with Crippen LogP contribution in [0.25, 0.3) is 0 Å². The van der Waals surface area contributed by atoms with Crippen molar-refractivity contribution in [2.24, 2.45) is 0 Å². The summed E-state index contributed by atoms with van der Waals surface area (Å²) in [4.78, 5) is 17.6. The topological polar surface area (TPSA) is 92.8 Å². The summed E-state index contributed by atoms with van der Waals surface area (Å²) in [5.41, 5.74) is 1.13. The Morgan fingerprint density at radius 3 is 2.53 bits per heavy atom. The van der Waals surface area contributed by atoms with Crippen LogP contribution in [0.2, 0.25) is 0 Å². The van der Waals surface area contributed by atoms with E-state index in [4.69, 9.17) is 10.5 Å². The molecule has 1 rings (SSSR count). The zero-order valence-electron chi connectivity index (χ0n) is 11.0. The van der Waals surface area contributed by atoms with E-state index >= 15 is 0 Å². The Labute approximate surface area is 112 Å². The number of pyridine rings is 1. The van der Waals surface area contributed by atoms with Gasteiger partial charge < -0.3 is 10.2 Å². The van der Waals surface area contributed by atoms with Gasteiger partial charge in [-0.2, -0.15) is 10.5 Å². The Kier molecular flexibility index (Phi) is 5.31. The molecule has 0 spiro atoms. The van der Waals surface area contributed by atoms with Gasteiger partial charge >= 0.3 is 0 Å². The summed E-state index contributed by atoms with van der Waals surface area (Å²) in [5.74, 6) is 0.271. The molecule has 0 aliphatic carbocycles. The Morgan fingerprint density at radius 1 is 1.37 bits per heavy atom. The molecule has 0 unspecified atom stereocenters. The first-order valence-electron chi connectivity index (χ1n) is 5.88. The van der Waals surface area contributed by atoms with Crippen LogP contribution < -0.4 is 5.32 Å².